The molecular formula is C64H75B3N4O3S. The minimum absolute atomic E-state index is 0.0142. The van der Waals surface area contributed by atoms with Crippen LogP contribution in [0.1, 0.15) is 132 Å². The summed E-state index contributed by atoms with van der Waals surface area (Å²) in [6, 6.07) is 51.9. The highest BCUT2D eigenvalue weighted by atomic mass is 32.2. The Morgan fingerprint density at radius 1 is 0.507 bits per heavy atom. The number of fused-ring (bicyclic) bond motifs is 4. The van der Waals surface area contributed by atoms with Crippen molar-refractivity contribution < 1.29 is 13.7 Å². The standard InChI is InChI=1S/C64H75B3N4O3S/c1-60(2,3)46-32-33-68-58(39-46)71-54-27-17-16-24-51(54)52-31-30-44(35-57(52)71)41-75-40-43-22-20-23-49(34-43)69-42-70(56-29-19-18-28-55(56)69)59-50(45-36-47(61(4,5)6)38-48(37-45)62(7,8)9)25-21-26-53(59)65-72-66(63(10,11)12)74-67(73-65)64(13,14)15/h16-39H,40-42H2,1-15H3. The smallest absolute Gasteiger partial charge is 0.452 e. The maximum Gasteiger partial charge on any atom is 0.468 e. The van der Waals surface area contributed by atoms with Crippen LogP contribution in [0.5, 0.6) is 0 Å². The molecule has 6 aromatic carbocycles. The molecule has 0 atom stereocenters. The summed E-state index contributed by atoms with van der Waals surface area (Å²) in [6.07, 6.45) is 1.95. The Labute approximate surface area is 453 Å². The molecule has 0 spiro atoms. The van der Waals surface area contributed by atoms with Crippen molar-refractivity contribution in [2.75, 3.05) is 16.5 Å². The number of aromatic nitrogens is 2. The molecule has 4 heterocycles. The molecule has 0 aliphatic carbocycles. The van der Waals surface area contributed by atoms with Gasteiger partial charge in [-0.1, -0.05) is 195 Å². The third kappa shape index (κ3) is 10.7. The van der Waals surface area contributed by atoms with Gasteiger partial charge in [0, 0.05) is 45.2 Å². The Morgan fingerprint density at radius 3 is 1.73 bits per heavy atom. The van der Waals surface area contributed by atoms with Crippen LogP contribution in [0.25, 0.3) is 38.8 Å². The Kier molecular flexibility index (Phi) is 13.8. The highest BCUT2D eigenvalue weighted by Gasteiger charge is 2.52. The molecule has 1 fully saturated rings. The van der Waals surface area contributed by atoms with Gasteiger partial charge in [-0.3, -0.25) is 4.57 Å². The Balaban J connectivity index is 1.000. The van der Waals surface area contributed by atoms with E-state index in [2.05, 4.69) is 258 Å². The van der Waals surface area contributed by atoms with Gasteiger partial charge in [-0.2, -0.15) is 11.8 Å². The SMILES string of the molecule is CC(C)(C)B1OB(c2cccc(-c3cc(C(C)(C)C)cc(C(C)(C)C)c3)c2N2CN(c3cccc(CSCc4ccc5c6ccccc6n(-c6cc(C(C)(C)C)ccn6)c5c4)c3)c3ccccc32)OB(C(C)(C)C)O1. The zero-order chi connectivity index (χ0) is 53.4. The van der Waals surface area contributed by atoms with Crippen LogP contribution < -0.4 is 15.3 Å². The number of para-hydroxylation sites is 4. The number of nitrogens with zero attached hydrogens (tertiary/aromatic N) is 4. The topological polar surface area (TPSA) is 52.0 Å². The number of pyridine rings is 1. The maximum atomic E-state index is 6.98. The molecule has 0 N–H and O–H groups in total. The number of rotatable bonds is 9. The van der Waals surface area contributed by atoms with Gasteiger partial charge in [-0.15, -0.1) is 0 Å². The molecule has 384 valence electrons. The minimum Gasteiger partial charge on any atom is -0.452 e. The maximum absolute atomic E-state index is 6.98. The number of hydrogen-bond donors (Lipinski definition) is 0. The van der Waals surface area contributed by atoms with E-state index in [1.54, 1.807) is 0 Å². The summed E-state index contributed by atoms with van der Waals surface area (Å²) in [4.78, 5) is 9.88. The molecule has 75 heavy (non-hydrogen) atoms. The molecule has 7 nitrogen and oxygen atoms in total. The van der Waals surface area contributed by atoms with Crippen LogP contribution >= 0.6 is 11.8 Å². The van der Waals surface area contributed by atoms with Crippen molar-refractivity contribution in [2.24, 2.45) is 0 Å². The number of benzene rings is 6. The van der Waals surface area contributed by atoms with E-state index in [0.717, 1.165) is 51.1 Å². The lowest BCUT2D eigenvalue weighted by atomic mass is 9.50. The van der Waals surface area contributed by atoms with Gasteiger partial charge in [0.05, 0.1) is 28.1 Å². The fraction of sp³-hybridized carbons (Fsp3) is 0.359. The molecule has 10 rings (SSSR count). The first-order valence-corrected chi connectivity index (χ1v) is 28.0. The van der Waals surface area contributed by atoms with Gasteiger partial charge in [-0.25, -0.2) is 4.98 Å². The number of hydrogen-bond acceptors (Lipinski definition) is 7. The van der Waals surface area contributed by atoms with E-state index in [0.29, 0.717) is 6.67 Å². The van der Waals surface area contributed by atoms with E-state index in [-0.39, 0.29) is 26.9 Å². The minimum atomic E-state index is -0.683. The highest BCUT2D eigenvalue weighted by Crippen LogP contribution is 2.48. The molecule has 0 radical (unpaired) electrons. The fourth-order valence-electron chi connectivity index (χ4n) is 10.4. The van der Waals surface area contributed by atoms with Crippen molar-refractivity contribution in [1.82, 2.24) is 9.55 Å². The second-order valence-corrected chi connectivity index (χ2v) is 27.2. The summed E-state index contributed by atoms with van der Waals surface area (Å²) in [5, 5.41) is 1.90. The molecule has 0 amide bonds. The highest BCUT2D eigenvalue weighted by molar-refractivity contribution is 7.97. The molecule has 2 aromatic heterocycles. The summed E-state index contributed by atoms with van der Waals surface area (Å²) < 4.78 is 22.9. The quantitative estimate of drug-likeness (QED) is 0.134. The largest absolute Gasteiger partial charge is 0.468 e. The molecule has 2 aliphatic heterocycles. The molecule has 0 unspecified atom stereocenters. The Bertz CT molecular complexity index is 3360. The van der Waals surface area contributed by atoms with Crippen LogP contribution in [0.4, 0.5) is 22.7 Å². The van der Waals surface area contributed by atoms with Crippen LogP contribution in [0.3, 0.4) is 0 Å². The summed E-state index contributed by atoms with van der Waals surface area (Å²) in [5.74, 6) is 2.71. The van der Waals surface area contributed by atoms with Gasteiger partial charge in [0.15, 0.2) is 0 Å². The molecule has 0 bridgehead atoms. The second kappa shape index (κ2) is 19.7. The summed E-state index contributed by atoms with van der Waals surface area (Å²) in [6.45, 7) is 34.3. The first-order chi connectivity index (χ1) is 35.3. The van der Waals surface area contributed by atoms with Gasteiger partial charge in [0.2, 0.25) is 0 Å². The lowest BCUT2D eigenvalue weighted by molar-refractivity contribution is 0.250. The van der Waals surface area contributed by atoms with E-state index in [1.165, 1.54) is 55.2 Å². The fourth-order valence-corrected chi connectivity index (χ4v) is 11.4. The molecule has 11 heteroatoms. The van der Waals surface area contributed by atoms with Crippen molar-refractivity contribution in [3.8, 4) is 16.9 Å². The van der Waals surface area contributed by atoms with Crippen LogP contribution in [0.15, 0.2) is 146 Å². The first-order valence-electron chi connectivity index (χ1n) is 26.9. The van der Waals surface area contributed by atoms with E-state index in [1.807, 2.05) is 18.0 Å². The summed E-state index contributed by atoms with van der Waals surface area (Å²) >= 11 is 1.95. The van der Waals surface area contributed by atoms with Gasteiger partial charge in [-0.05, 0) is 109 Å². The van der Waals surface area contributed by atoms with Crippen LogP contribution in [-0.2, 0) is 41.5 Å². The van der Waals surface area contributed by atoms with Gasteiger partial charge in [0.1, 0.15) is 12.5 Å². The lowest BCUT2D eigenvalue weighted by Crippen LogP contribution is -2.59. The average molecular weight is 1010 g/mol. The molecule has 8 aromatic rings. The van der Waals surface area contributed by atoms with Crippen molar-refractivity contribution in [1.29, 1.82) is 0 Å². The van der Waals surface area contributed by atoms with Crippen LogP contribution in [-0.4, -0.2) is 37.6 Å². The Hall–Kier alpha value is -5.71. The van der Waals surface area contributed by atoms with E-state index < -0.39 is 21.4 Å². The average Bonchev–Trinajstić information content (AvgIpc) is 3.91. The Morgan fingerprint density at radius 2 is 1.09 bits per heavy atom. The molecule has 2 aliphatic rings. The predicted octanol–water partition coefficient (Wildman–Crippen LogP) is 16.8. The normalized spacial score (nSPS) is 14.9. The van der Waals surface area contributed by atoms with E-state index >= 15 is 0 Å². The number of anilines is 4. The second-order valence-electron chi connectivity index (χ2n) is 26.2. The summed E-state index contributed by atoms with van der Waals surface area (Å²) in [5.41, 5.74) is 16.5. The van der Waals surface area contributed by atoms with Gasteiger partial charge < -0.3 is 23.5 Å². The number of thioether (sulfide) groups is 1. The van der Waals surface area contributed by atoms with Crippen LogP contribution in [0.2, 0.25) is 10.6 Å². The molecule has 0 saturated carbocycles. The first kappa shape index (κ1) is 52.7. The third-order valence-corrected chi connectivity index (χ3v) is 15.9. The zero-order valence-corrected chi connectivity index (χ0v) is 47.9. The van der Waals surface area contributed by atoms with Gasteiger partial charge in [0.25, 0.3) is 0 Å². The monoisotopic (exact) mass is 1010 g/mol. The van der Waals surface area contributed by atoms with Crippen molar-refractivity contribution in [3.63, 3.8) is 0 Å². The van der Waals surface area contributed by atoms with E-state index in [9.17, 15) is 0 Å². The third-order valence-electron chi connectivity index (χ3n) is 14.8. The van der Waals surface area contributed by atoms with Crippen molar-refractivity contribution in [2.45, 2.75) is 142 Å². The predicted molar refractivity (Wildman–Crippen MR) is 323 cm³/mol. The molecule has 1 saturated heterocycles. The lowest BCUT2D eigenvalue weighted by Gasteiger charge is -2.41. The van der Waals surface area contributed by atoms with Gasteiger partial charge >= 0.3 is 21.4 Å². The molecular weight excluding hydrogens is 937 g/mol. The van der Waals surface area contributed by atoms with Crippen molar-refractivity contribution in [3.05, 3.63) is 174 Å². The zero-order valence-electron chi connectivity index (χ0n) is 47.1. The summed E-state index contributed by atoms with van der Waals surface area (Å²) in [7, 11) is -1.66. The van der Waals surface area contributed by atoms with Crippen molar-refractivity contribution >= 4 is 83.1 Å². The van der Waals surface area contributed by atoms with E-state index in [4.69, 9.17) is 18.7 Å². The van der Waals surface area contributed by atoms with Crippen LogP contribution in [0, 0.1) is 0 Å².